The highest BCUT2D eigenvalue weighted by Crippen LogP contribution is 2.40. The van der Waals surface area contributed by atoms with Crippen molar-refractivity contribution in [2.45, 2.75) is 19.8 Å². The van der Waals surface area contributed by atoms with Crippen LogP contribution in [-0.2, 0) is 4.79 Å². The minimum Gasteiger partial charge on any atom is -0.353 e. The topological polar surface area (TPSA) is 70.0 Å². The minimum atomic E-state index is -0.480. The smallest absolute Gasteiger partial charge is 0.174 e. The molecule has 1 N–H and O–H groups in total. The summed E-state index contributed by atoms with van der Waals surface area (Å²) in [4.78, 5) is 25.0. The van der Waals surface area contributed by atoms with Gasteiger partial charge in [0, 0.05) is 21.9 Å². The quantitative estimate of drug-likeness (QED) is 0.548. The molecule has 0 unspecified atom stereocenters. The molecule has 1 atom stereocenters. The number of carbonyl (C=O) groups is 2. The number of ketones is 2. The van der Waals surface area contributed by atoms with Crippen LogP contribution in [0.25, 0.3) is 0 Å². The van der Waals surface area contributed by atoms with Crippen LogP contribution in [0.15, 0.2) is 70.4 Å². The highest BCUT2D eigenvalue weighted by Gasteiger charge is 2.33. The number of hydrogen-bond donors (Lipinski definition) is 1. The predicted octanol–water partition coefficient (Wildman–Crippen LogP) is 5.89. The van der Waals surface area contributed by atoms with Crippen LogP contribution >= 0.6 is 35.0 Å². The molecule has 0 aromatic heterocycles. The number of Topliss-reactive ketones (excluding diaryl/α,β-unsaturated/α-hetero) is 2. The van der Waals surface area contributed by atoms with E-state index < -0.39 is 5.92 Å². The van der Waals surface area contributed by atoms with Crippen molar-refractivity contribution in [3.05, 3.63) is 91.6 Å². The molecule has 0 spiro atoms. The lowest BCUT2D eigenvalue weighted by molar-refractivity contribution is -0.113. The van der Waals surface area contributed by atoms with E-state index in [2.05, 4.69) is 11.4 Å². The number of halogens is 2. The normalized spacial score (nSPS) is 16.2. The molecule has 2 aromatic carbocycles. The Morgan fingerprint density at radius 3 is 2.47 bits per heavy atom. The summed E-state index contributed by atoms with van der Waals surface area (Å²) in [5.74, 6) is -0.677. The summed E-state index contributed by atoms with van der Waals surface area (Å²) in [7, 11) is 0. The molecule has 0 radical (unpaired) electrons. The maximum atomic E-state index is 12.7. The van der Waals surface area contributed by atoms with E-state index >= 15 is 0 Å². The summed E-state index contributed by atoms with van der Waals surface area (Å²) in [6.45, 7) is 3.30. The van der Waals surface area contributed by atoms with Gasteiger partial charge in [-0.25, -0.2) is 0 Å². The standard InChI is InChI=1S/C23H18Cl2N2O2S/c1-13-21(14(2)28)22(15-6-4-3-5-7-15)18(11-26)23(27-13)30-12-20(29)17-9-8-16(24)10-19(17)25/h3-10,22,27H,12H2,1-2H3/t22-/m0/s1. The van der Waals surface area contributed by atoms with Crippen molar-refractivity contribution in [2.24, 2.45) is 0 Å². The van der Waals surface area contributed by atoms with E-state index in [4.69, 9.17) is 23.2 Å². The number of nitrogens with zero attached hydrogens (tertiary/aromatic N) is 1. The number of allylic oxidation sites excluding steroid dienone is 3. The fourth-order valence-corrected chi connectivity index (χ4v) is 4.89. The average Bonchev–Trinajstić information content (AvgIpc) is 2.71. The van der Waals surface area contributed by atoms with E-state index in [1.54, 1.807) is 19.1 Å². The molecule has 3 rings (SSSR count). The largest absolute Gasteiger partial charge is 0.353 e. The number of hydrogen-bond acceptors (Lipinski definition) is 5. The molecule has 0 saturated heterocycles. The van der Waals surface area contributed by atoms with Gasteiger partial charge in [0.05, 0.1) is 33.4 Å². The molecule has 1 aliphatic heterocycles. The number of dihydropyridines is 1. The van der Waals surface area contributed by atoms with Crippen LogP contribution in [0, 0.1) is 11.3 Å². The van der Waals surface area contributed by atoms with Gasteiger partial charge in [-0.1, -0.05) is 65.3 Å². The number of nitriles is 1. The molecule has 1 aliphatic rings. The van der Waals surface area contributed by atoms with E-state index in [1.165, 1.54) is 24.8 Å². The third kappa shape index (κ3) is 4.62. The summed E-state index contributed by atoms with van der Waals surface area (Å²) in [5, 5.41) is 14.4. The number of benzene rings is 2. The Balaban J connectivity index is 1.94. The van der Waals surface area contributed by atoms with E-state index in [-0.39, 0.29) is 22.3 Å². The lowest BCUT2D eigenvalue weighted by Gasteiger charge is -2.29. The molecule has 0 fully saturated rings. The van der Waals surface area contributed by atoms with Crippen molar-refractivity contribution in [1.82, 2.24) is 5.32 Å². The zero-order valence-electron chi connectivity index (χ0n) is 16.3. The molecular formula is C23H18Cl2N2O2S. The van der Waals surface area contributed by atoms with Crippen molar-refractivity contribution in [2.75, 3.05) is 5.75 Å². The van der Waals surface area contributed by atoms with Crippen molar-refractivity contribution < 1.29 is 9.59 Å². The molecule has 4 nitrogen and oxygen atoms in total. The maximum absolute atomic E-state index is 12.7. The second kappa shape index (κ2) is 9.53. The third-order valence-corrected chi connectivity index (χ3v) is 6.30. The Hall–Kier alpha value is -2.52. The number of carbonyl (C=O) groups excluding carboxylic acids is 2. The van der Waals surface area contributed by atoms with Gasteiger partial charge in [-0.3, -0.25) is 9.59 Å². The predicted molar refractivity (Wildman–Crippen MR) is 122 cm³/mol. The van der Waals surface area contributed by atoms with Gasteiger partial charge in [0.1, 0.15) is 0 Å². The first-order valence-corrected chi connectivity index (χ1v) is 10.9. The van der Waals surface area contributed by atoms with Crippen LogP contribution in [0.3, 0.4) is 0 Å². The SMILES string of the molecule is CC(=O)C1=C(C)NC(SCC(=O)c2ccc(Cl)cc2Cl)=C(C#N)[C@@H]1c1ccccc1. The van der Waals surface area contributed by atoms with Gasteiger partial charge >= 0.3 is 0 Å². The summed E-state index contributed by atoms with van der Waals surface area (Å²) in [6.07, 6.45) is 0. The van der Waals surface area contributed by atoms with Crippen molar-refractivity contribution >= 4 is 46.5 Å². The fourth-order valence-electron chi connectivity index (χ4n) is 3.40. The Labute approximate surface area is 189 Å². The molecule has 0 bridgehead atoms. The molecule has 2 aromatic rings. The Kier molecular flexibility index (Phi) is 7.04. The van der Waals surface area contributed by atoms with Crippen LogP contribution in [0.4, 0.5) is 0 Å². The van der Waals surface area contributed by atoms with E-state index in [9.17, 15) is 14.9 Å². The van der Waals surface area contributed by atoms with Gasteiger partial charge in [0.15, 0.2) is 11.6 Å². The highest BCUT2D eigenvalue weighted by molar-refractivity contribution is 8.03. The van der Waals surface area contributed by atoms with E-state index in [0.717, 1.165) is 5.56 Å². The lowest BCUT2D eigenvalue weighted by atomic mass is 9.81. The molecule has 1 heterocycles. The molecule has 0 amide bonds. The van der Waals surface area contributed by atoms with Crippen molar-refractivity contribution in [3.63, 3.8) is 0 Å². The van der Waals surface area contributed by atoms with Gasteiger partial charge in [0.2, 0.25) is 0 Å². The van der Waals surface area contributed by atoms with Gasteiger partial charge in [0.25, 0.3) is 0 Å². The van der Waals surface area contributed by atoms with Crippen LogP contribution in [0.5, 0.6) is 0 Å². The summed E-state index contributed by atoms with van der Waals surface area (Å²) < 4.78 is 0. The Morgan fingerprint density at radius 1 is 1.17 bits per heavy atom. The first-order chi connectivity index (χ1) is 14.3. The first kappa shape index (κ1) is 22.2. The maximum Gasteiger partial charge on any atom is 0.174 e. The third-order valence-electron chi connectivity index (χ3n) is 4.74. The van der Waals surface area contributed by atoms with E-state index in [0.29, 0.717) is 32.5 Å². The minimum absolute atomic E-state index is 0.0824. The summed E-state index contributed by atoms with van der Waals surface area (Å²) >= 11 is 13.3. The second-order valence-corrected chi connectivity index (χ2v) is 8.58. The average molecular weight is 457 g/mol. The lowest BCUT2D eigenvalue weighted by Crippen LogP contribution is -2.27. The van der Waals surface area contributed by atoms with Gasteiger partial charge in [-0.15, -0.1) is 0 Å². The van der Waals surface area contributed by atoms with Crippen LogP contribution in [-0.4, -0.2) is 17.3 Å². The highest BCUT2D eigenvalue weighted by atomic mass is 35.5. The zero-order valence-corrected chi connectivity index (χ0v) is 18.7. The Bertz CT molecular complexity index is 1120. The number of thioether (sulfide) groups is 1. The summed E-state index contributed by atoms with van der Waals surface area (Å²) in [5.41, 5.74) is 2.87. The molecule has 0 aliphatic carbocycles. The van der Waals surface area contributed by atoms with E-state index in [1.807, 2.05) is 30.3 Å². The monoisotopic (exact) mass is 456 g/mol. The molecular weight excluding hydrogens is 439 g/mol. The van der Waals surface area contributed by atoms with Crippen molar-refractivity contribution in [1.29, 1.82) is 5.26 Å². The van der Waals surface area contributed by atoms with Gasteiger partial charge in [-0.05, 0) is 37.6 Å². The van der Waals surface area contributed by atoms with Crippen molar-refractivity contribution in [3.8, 4) is 6.07 Å². The van der Waals surface area contributed by atoms with Gasteiger partial charge < -0.3 is 5.32 Å². The zero-order chi connectivity index (χ0) is 21.8. The second-order valence-electron chi connectivity index (χ2n) is 6.75. The Morgan fingerprint density at radius 2 is 1.87 bits per heavy atom. The summed E-state index contributed by atoms with van der Waals surface area (Å²) in [6, 6.07) is 16.4. The molecule has 30 heavy (non-hydrogen) atoms. The molecule has 0 saturated carbocycles. The van der Waals surface area contributed by atoms with Crippen LogP contribution < -0.4 is 5.32 Å². The first-order valence-electron chi connectivity index (χ1n) is 9.12. The molecule has 7 heteroatoms. The number of nitrogens with one attached hydrogen (secondary N) is 1. The number of rotatable bonds is 6. The van der Waals surface area contributed by atoms with Crippen LogP contribution in [0.2, 0.25) is 10.0 Å². The fraction of sp³-hybridized carbons (Fsp3) is 0.174. The molecule has 152 valence electrons. The van der Waals surface area contributed by atoms with Crippen LogP contribution in [0.1, 0.15) is 35.7 Å². The van der Waals surface area contributed by atoms with Gasteiger partial charge in [-0.2, -0.15) is 5.26 Å².